The molecule has 0 heterocycles. The summed E-state index contributed by atoms with van der Waals surface area (Å²) in [7, 11) is 4.30. The maximum Gasteiger partial charge on any atom is 0.0621 e. The largest absolute Gasteiger partial charge is 0.317 e. The number of unbranched alkanes of at least 4 members (excludes halogenated alkanes) is 2. The minimum absolute atomic E-state index is 0.709. The summed E-state index contributed by atoms with van der Waals surface area (Å²) in [5, 5.41) is 11.8. The molecule has 1 N–H and O–H groups in total. The molecule has 0 saturated heterocycles. The van der Waals surface area contributed by atoms with Crippen LogP contribution in [-0.2, 0) is 0 Å². The molecule has 1 aliphatic carbocycles. The Kier molecular flexibility index (Phi) is 6.44. The lowest BCUT2D eigenvalue weighted by atomic mass is 9.90. The van der Waals surface area contributed by atoms with Gasteiger partial charge in [-0.3, -0.25) is 0 Å². The second-order valence-electron chi connectivity index (χ2n) is 4.89. The summed E-state index contributed by atoms with van der Waals surface area (Å²) in [6.07, 6.45) is 8.18. The fourth-order valence-electron chi connectivity index (χ4n) is 2.55. The van der Waals surface area contributed by atoms with E-state index in [9.17, 15) is 0 Å². The summed E-state index contributed by atoms with van der Waals surface area (Å²) < 4.78 is 0. The van der Waals surface area contributed by atoms with Crippen LogP contribution in [0.5, 0.6) is 0 Å². The van der Waals surface area contributed by atoms with Crippen LogP contribution in [0.3, 0.4) is 0 Å². The first kappa shape index (κ1) is 13.5. The molecule has 16 heavy (non-hydrogen) atoms. The number of nitrogens with zero attached hydrogens (tertiary/aromatic N) is 2. The van der Waals surface area contributed by atoms with Crippen molar-refractivity contribution in [2.75, 3.05) is 20.6 Å². The number of nitriles is 1. The molecule has 3 heteroatoms. The van der Waals surface area contributed by atoms with Crippen LogP contribution in [0.2, 0.25) is 0 Å². The van der Waals surface area contributed by atoms with Gasteiger partial charge < -0.3 is 10.2 Å². The van der Waals surface area contributed by atoms with Crippen LogP contribution in [0.1, 0.15) is 44.9 Å². The summed E-state index contributed by atoms with van der Waals surface area (Å²) in [6.45, 7) is 1.15. The van der Waals surface area contributed by atoms with Gasteiger partial charge in [-0.1, -0.05) is 0 Å². The summed E-state index contributed by atoms with van der Waals surface area (Å²) in [4.78, 5) is 2.49. The highest BCUT2D eigenvalue weighted by Gasteiger charge is 2.22. The van der Waals surface area contributed by atoms with E-state index in [0.717, 1.165) is 31.5 Å². The first-order valence-corrected chi connectivity index (χ1v) is 6.52. The molecule has 0 atom stereocenters. The van der Waals surface area contributed by atoms with Crippen LogP contribution >= 0.6 is 0 Å². The molecule has 1 saturated carbocycles. The lowest BCUT2D eigenvalue weighted by molar-refractivity contribution is 0.174. The normalized spacial score (nSPS) is 25.6. The van der Waals surface area contributed by atoms with Gasteiger partial charge in [0, 0.05) is 18.5 Å². The Morgan fingerprint density at radius 3 is 2.50 bits per heavy atom. The van der Waals surface area contributed by atoms with Crippen molar-refractivity contribution in [1.82, 2.24) is 10.2 Å². The highest BCUT2D eigenvalue weighted by atomic mass is 15.1. The molecule has 0 spiro atoms. The number of nitrogens with one attached hydrogen (secondary N) is 1. The lowest BCUT2D eigenvalue weighted by Gasteiger charge is -2.34. The average molecular weight is 223 g/mol. The number of rotatable bonds is 6. The SMILES string of the molecule is CNC1CCC(N(C)CCCCC#N)CC1. The van der Waals surface area contributed by atoms with E-state index in [4.69, 9.17) is 5.26 Å². The molecule has 0 bridgehead atoms. The minimum atomic E-state index is 0.709. The molecule has 3 nitrogen and oxygen atoms in total. The van der Waals surface area contributed by atoms with Crippen LogP contribution in [0.4, 0.5) is 0 Å². The summed E-state index contributed by atoms with van der Waals surface area (Å²) in [5.41, 5.74) is 0. The van der Waals surface area contributed by atoms with E-state index >= 15 is 0 Å². The predicted molar refractivity (Wildman–Crippen MR) is 67.2 cm³/mol. The highest BCUT2D eigenvalue weighted by molar-refractivity contribution is 4.81. The Bertz CT molecular complexity index is 214. The quantitative estimate of drug-likeness (QED) is 0.701. The standard InChI is InChI=1S/C13H25N3/c1-15-12-6-8-13(9-7-12)16(2)11-5-3-4-10-14/h12-13,15H,3-9,11H2,1-2H3. The molecule has 0 aromatic carbocycles. The van der Waals surface area contributed by atoms with Crippen LogP contribution in [0.15, 0.2) is 0 Å². The third kappa shape index (κ3) is 4.51. The van der Waals surface area contributed by atoms with Crippen LogP contribution in [0.25, 0.3) is 0 Å². The summed E-state index contributed by atoms with van der Waals surface area (Å²) in [5.74, 6) is 0. The summed E-state index contributed by atoms with van der Waals surface area (Å²) >= 11 is 0. The van der Waals surface area contributed by atoms with Crippen molar-refractivity contribution in [3.05, 3.63) is 0 Å². The van der Waals surface area contributed by atoms with Crippen molar-refractivity contribution in [2.24, 2.45) is 0 Å². The van der Waals surface area contributed by atoms with Crippen molar-refractivity contribution in [1.29, 1.82) is 5.26 Å². The second kappa shape index (κ2) is 7.65. The molecule has 0 aliphatic heterocycles. The molecule has 0 aromatic rings. The van der Waals surface area contributed by atoms with Gasteiger partial charge >= 0.3 is 0 Å². The smallest absolute Gasteiger partial charge is 0.0621 e. The topological polar surface area (TPSA) is 39.1 Å². The lowest BCUT2D eigenvalue weighted by Crippen LogP contribution is -2.40. The fourth-order valence-corrected chi connectivity index (χ4v) is 2.55. The Morgan fingerprint density at radius 2 is 1.94 bits per heavy atom. The van der Waals surface area contributed by atoms with Gasteiger partial charge in [-0.25, -0.2) is 0 Å². The molecule has 0 amide bonds. The van der Waals surface area contributed by atoms with Gasteiger partial charge in [0.2, 0.25) is 0 Å². The maximum atomic E-state index is 8.47. The van der Waals surface area contributed by atoms with Gasteiger partial charge in [-0.15, -0.1) is 0 Å². The van der Waals surface area contributed by atoms with Crippen LogP contribution in [-0.4, -0.2) is 37.6 Å². The number of hydrogen-bond donors (Lipinski definition) is 1. The second-order valence-corrected chi connectivity index (χ2v) is 4.89. The zero-order valence-corrected chi connectivity index (χ0v) is 10.7. The van der Waals surface area contributed by atoms with Crippen molar-refractivity contribution < 1.29 is 0 Å². The van der Waals surface area contributed by atoms with E-state index in [1.165, 1.54) is 25.7 Å². The van der Waals surface area contributed by atoms with E-state index in [1.807, 2.05) is 0 Å². The molecular weight excluding hydrogens is 198 g/mol. The third-order valence-electron chi connectivity index (χ3n) is 3.78. The van der Waals surface area contributed by atoms with E-state index in [0.29, 0.717) is 6.42 Å². The Morgan fingerprint density at radius 1 is 1.25 bits per heavy atom. The van der Waals surface area contributed by atoms with Crippen molar-refractivity contribution >= 4 is 0 Å². The average Bonchev–Trinajstić information content (AvgIpc) is 2.34. The highest BCUT2D eigenvalue weighted by Crippen LogP contribution is 2.22. The fraction of sp³-hybridized carbons (Fsp3) is 0.923. The van der Waals surface area contributed by atoms with Gasteiger partial charge in [-0.2, -0.15) is 5.26 Å². The number of hydrogen-bond acceptors (Lipinski definition) is 3. The van der Waals surface area contributed by atoms with Gasteiger partial charge in [0.05, 0.1) is 6.07 Å². The molecular formula is C13H25N3. The molecule has 0 radical (unpaired) electrons. The van der Waals surface area contributed by atoms with Gasteiger partial charge in [-0.05, 0) is 59.2 Å². The molecule has 1 fully saturated rings. The Balaban J connectivity index is 2.13. The summed E-state index contributed by atoms with van der Waals surface area (Å²) in [6, 6.07) is 3.72. The monoisotopic (exact) mass is 223 g/mol. The van der Waals surface area contributed by atoms with Gasteiger partial charge in [0.25, 0.3) is 0 Å². The van der Waals surface area contributed by atoms with Crippen molar-refractivity contribution in [3.63, 3.8) is 0 Å². The van der Waals surface area contributed by atoms with E-state index < -0.39 is 0 Å². The predicted octanol–water partition coefficient (Wildman–Crippen LogP) is 2.14. The zero-order valence-electron chi connectivity index (χ0n) is 10.7. The van der Waals surface area contributed by atoms with Gasteiger partial charge in [0.15, 0.2) is 0 Å². The van der Waals surface area contributed by atoms with Gasteiger partial charge in [0.1, 0.15) is 0 Å². The van der Waals surface area contributed by atoms with E-state index in [1.54, 1.807) is 0 Å². The first-order valence-electron chi connectivity index (χ1n) is 6.52. The third-order valence-corrected chi connectivity index (χ3v) is 3.78. The Hall–Kier alpha value is -0.590. The molecule has 1 rings (SSSR count). The zero-order chi connectivity index (χ0) is 11.8. The first-order chi connectivity index (χ1) is 7.77. The molecule has 0 unspecified atom stereocenters. The van der Waals surface area contributed by atoms with E-state index in [-0.39, 0.29) is 0 Å². The van der Waals surface area contributed by atoms with Crippen molar-refractivity contribution in [2.45, 2.75) is 57.0 Å². The molecule has 0 aromatic heterocycles. The minimum Gasteiger partial charge on any atom is -0.317 e. The maximum absolute atomic E-state index is 8.47. The van der Waals surface area contributed by atoms with E-state index in [2.05, 4.69) is 30.4 Å². The van der Waals surface area contributed by atoms with Crippen LogP contribution in [0, 0.1) is 11.3 Å². The van der Waals surface area contributed by atoms with Crippen LogP contribution < -0.4 is 5.32 Å². The Labute approximate surface area is 99.8 Å². The molecule has 1 aliphatic rings. The molecule has 92 valence electrons. The van der Waals surface area contributed by atoms with Crippen molar-refractivity contribution in [3.8, 4) is 6.07 Å².